The van der Waals surface area contributed by atoms with E-state index in [-0.39, 0.29) is 23.8 Å². The molecule has 1 aromatic rings. The lowest BCUT2D eigenvalue weighted by Crippen LogP contribution is -2.38. The summed E-state index contributed by atoms with van der Waals surface area (Å²) in [6.07, 6.45) is 2.57. The Bertz CT molecular complexity index is 588. The molecule has 2 heterocycles. The molecule has 1 aromatic carbocycles. The molecule has 2 fully saturated rings. The summed E-state index contributed by atoms with van der Waals surface area (Å²) in [6.45, 7) is 2.31. The Hall–Kier alpha value is -2.24. The van der Waals surface area contributed by atoms with Crippen molar-refractivity contribution < 1.29 is 14.0 Å². The first kappa shape index (κ1) is 13.7. The Morgan fingerprint density at radius 1 is 1.24 bits per heavy atom. The molecular formula is C15H16FN3O2. The maximum absolute atomic E-state index is 12.9. The van der Waals surface area contributed by atoms with Crippen LogP contribution >= 0.6 is 0 Å². The first-order valence-corrected chi connectivity index (χ1v) is 7.03. The van der Waals surface area contributed by atoms with E-state index < -0.39 is 0 Å². The van der Waals surface area contributed by atoms with Gasteiger partial charge >= 0.3 is 6.03 Å². The Balaban J connectivity index is 1.86. The number of halogens is 1. The second-order valence-electron chi connectivity index (χ2n) is 5.33. The summed E-state index contributed by atoms with van der Waals surface area (Å²) >= 11 is 0. The molecule has 0 spiro atoms. The van der Waals surface area contributed by atoms with E-state index in [4.69, 9.17) is 0 Å². The van der Waals surface area contributed by atoms with Crippen molar-refractivity contribution in [2.45, 2.75) is 32.2 Å². The zero-order valence-electron chi connectivity index (χ0n) is 11.8. The van der Waals surface area contributed by atoms with E-state index in [0.717, 1.165) is 17.9 Å². The highest BCUT2D eigenvalue weighted by molar-refractivity contribution is 6.07. The van der Waals surface area contributed by atoms with Crippen LogP contribution in [0.15, 0.2) is 29.4 Å². The van der Waals surface area contributed by atoms with Crippen LogP contribution in [0.2, 0.25) is 0 Å². The molecule has 110 valence electrons. The smallest absolute Gasteiger partial charge is 0.311 e. The average Bonchev–Trinajstić information content (AvgIpc) is 2.73. The molecule has 21 heavy (non-hydrogen) atoms. The Labute approximate surface area is 122 Å². The summed E-state index contributed by atoms with van der Waals surface area (Å²) in [7, 11) is 0. The van der Waals surface area contributed by atoms with Crippen LogP contribution in [0.25, 0.3) is 0 Å². The lowest BCUT2D eigenvalue weighted by atomic mass is 10.0. The molecule has 2 saturated heterocycles. The lowest BCUT2D eigenvalue weighted by Gasteiger charge is -2.25. The number of fused-ring (bicyclic) bond motifs is 1. The summed E-state index contributed by atoms with van der Waals surface area (Å²) in [5, 5.41) is 5.10. The first-order valence-electron chi connectivity index (χ1n) is 7.03. The van der Waals surface area contributed by atoms with Crippen molar-refractivity contribution in [3.8, 4) is 0 Å². The third-order valence-corrected chi connectivity index (χ3v) is 3.94. The predicted octanol–water partition coefficient (Wildman–Crippen LogP) is 2.37. The molecule has 3 amide bonds. The number of benzene rings is 1. The fraction of sp³-hybridized carbons (Fsp3) is 0.400. The van der Waals surface area contributed by atoms with Gasteiger partial charge in [0.2, 0.25) is 0 Å². The van der Waals surface area contributed by atoms with Crippen molar-refractivity contribution in [3.05, 3.63) is 35.6 Å². The maximum atomic E-state index is 12.9. The van der Waals surface area contributed by atoms with Gasteiger partial charge in [0.25, 0.3) is 5.91 Å². The number of carbonyl (C=O) groups is 2. The predicted molar refractivity (Wildman–Crippen MR) is 75.2 cm³/mol. The van der Waals surface area contributed by atoms with E-state index in [9.17, 15) is 14.0 Å². The van der Waals surface area contributed by atoms with Gasteiger partial charge in [0.05, 0.1) is 5.71 Å². The van der Waals surface area contributed by atoms with Crippen LogP contribution in [0, 0.1) is 5.82 Å². The SMILES string of the molecule is C/C(=N\N1C(=O)[C@@H]2CCCCN2C1=O)c1ccc(F)cc1. The number of hydrogen-bond acceptors (Lipinski definition) is 3. The van der Waals surface area contributed by atoms with Gasteiger partial charge in [-0.2, -0.15) is 5.10 Å². The molecule has 2 aliphatic rings. The van der Waals surface area contributed by atoms with Gasteiger partial charge in [-0.05, 0) is 43.9 Å². The highest BCUT2D eigenvalue weighted by atomic mass is 19.1. The van der Waals surface area contributed by atoms with Crippen molar-refractivity contribution in [1.82, 2.24) is 9.91 Å². The van der Waals surface area contributed by atoms with Gasteiger partial charge in [-0.1, -0.05) is 12.1 Å². The quantitative estimate of drug-likeness (QED) is 0.620. The fourth-order valence-electron chi connectivity index (χ4n) is 2.77. The Kier molecular flexibility index (Phi) is 3.45. The van der Waals surface area contributed by atoms with Crippen LogP contribution in [0.5, 0.6) is 0 Å². The summed E-state index contributed by atoms with van der Waals surface area (Å²) in [5.41, 5.74) is 1.19. The van der Waals surface area contributed by atoms with Crippen LogP contribution in [-0.2, 0) is 4.79 Å². The molecule has 2 aliphatic heterocycles. The standard InChI is InChI=1S/C15H16FN3O2/c1-10(11-5-7-12(16)8-6-11)17-19-14(20)13-4-2-3-9-18(13)15(19)21/h5-8,13H,2-4,9H2,1H3/b17-10+/t13-/m0/s1. The number of rotatable bonds is 2. The number of imide groups is 1. The minimum Gasteiger partial charge on any atom is -0.311 e. The average molecular weight is 289 g/mol. The van der Waals surface area contributed by atoms with Crippen molar-refractivity contribution in [1.29, 1.82) is 0 Å². The van der Waals surface area contributed by atoms with Crippen LogP contribution in [0.3, 0.4) is 0 Å². The van der Waals surface area contributed by atoms with Gasteiger partial charge in [-0.15, -0.1) is 5.01 Å². The van der Waals surface area contributed by atoms with Crippen molar-refractivity contribution >= 4 is 17.6 Å². The second kappa shape index (κ2) is 5.27. The number of nitrogens with zero attached hydrogens (tertiary/aromatic N) is 3. The van der Waals surface area contributed by atoms with Crippen LogP contribution in [0.4, 0.5) is 9.18 Å². The molecule has 3 rings (SSSR count). The minimum atomic E-state index is -0.365. The van der Waals surface area contributed by atoms with Crippen LogP contribution in [-0.4, -0.2) is 40.1 Å². The molecule has 0 aromatic heterocycles. The monoisotopic (exact) mass is 289 g/mol. The zero-order valence-corrected chi connectivity index (χ0v) is 11.8. The molecule has 0 radical (unpaired) electrons. The normalized spacial score (nSPS) is 22.8. The maximum Gasteiger partial charge on any atom is 0.348 e. The van der Waals surface area contributed by atoms with Gasteiger partial charge in [0.1, 0.15) is 11.9 Å². The zero-order chi connectivity index (χ0) is 15.0. The summed E-state index contributed by atoms with van der Waals surface area (Å²) in [5.74, 6) is -0.599. The highest BCUT2D eigenvalue weighted by Gasteiger charge is 2.46. The minimum absolute atomic E-state index is 0.263. The van der Waals surface area contributed by atoms with Gasteiger partial charge in [-0.25, -0.2) is 9.18 Å². The van der Waals surface area contributed by atoms with Crippen LogP contribution in [0.1, 0.15) is 31.7 Å². The van der Waals surface area contributed by atoms with Crippen molar-refractivity contribution in [3.63, 3.8) is 0 Å². The molecule has 0 bridgehead atoms. The van der Waals surface area contributed by atoms with Gasteiger partial charge in [0.15, 0.2) is 0 Å². The number of hydrogen-bond donors (Lipinski definition) is 0. The fourth-order valence-corrected chi connectivity index (χ4v) is 2.77. The van der Waals surface area contributed by atoms with E-state index in [1.165, 1.54) is 12.1 Å². The number of carbonyl (C=O) groups excluding carboxylic acids is 2. The molecule has 0 unspecified atom stereocenters. The van der Waals surface area contributed by atoms with E-state index in [2.05, 4.69) is 5.10 Å². The van der Waals surface area contributed by atoms with E-state index in [1.54, 1.807) is 24.0 Å². The van der Waals surface area contributed by atoms with Gasteiger partial charge in [0, 0.05) is 6.54 Å². The molecular weight excluding hydrogens is 273 g/mol. The summed E-state index contributed by atoms with van der Waals surface area (Å²) in [6, 6.07) is 5.08. The largest absolute Gasteiger partial charge is 0.348 e. The molecule has 0 saturated carbocycles. The van der Waals surface area contributed by atoms with Crippen molar-refractivity contribution in [2.75, 3.05) is 6.54 Å². The lowest BCUT2D eigenvalue weighted by molar-refractivity contribution is -0.128. The third-order valence-electron chi connectivity index (χ3n) is 3.94. The van der Waals surface area contributed by atoms with Gasteiger partial charge in [-0.3, -0.25) is 4.79 Å². The number of hydrazone groups is 1. The van der Waals surface area contributed by atoms with E-state index >= 15 is 0 Å². The Morgan fingerprint density at radius 3 is 2.62 bits per heavy atom. The topological polar surface area (TPSA) is 53.0 Å². The number of amides is 3. The van der Waals surface area contributed by atoms with E-state index in [0.29, 0.717) is 24.2 Å². The number of piperidine rings is 1. The molecule has 0 aliphatic carbocycles. The molecule has 6 heteroatoms. The first-order chi connectivity index (χ1) is 10.1. The second-order valence-corrected chi connectivity index (χ2v) is 5.33. The summed E-state index contributed by atoms with van der Waals surface area (Å²) in [4.78, 5) is 26.1. The highest BCUT2D eigenvalue weighted by Crippen LogP contribution is 2.27. The molecule has 1 atom stereocenters. The van der Waals surface area contributed by atoms with Gasteiger partial charge < -0.3 is 4.90 Å². The molecule has 5 nitrogen and oxygen atoms in total. The summed E-state index contributed by atoms with van der Waals surface area (Å²) < 4.78 is 12.9. The van der Waals surface area contributed by atoms with Crippen LogP contribution < -0.4 is 0 Å². The number of urea groups is 1. The van der Waals surface area contributed by atoms with Crippen molar-refractivity contribution in [2.24, 2.45) is 5.10 Å². The third kappa shape index (κ3) is 2.41. The molecule has 0 N–H and O–H groups in total. The van der Waals surface area contributed by atoms with E-state index in [1.807, 2.05) is 0 Å². The Morgan fingerprint density at radius 2 is 1.95 bits per heavy atom.